The van der Waals surface area contributed by atoms with Crippen LogP contribution in [0.1, 0.15) is 23.2 Å². The normalized spacial score (nSPS) is 9.43. The first kappa shape index (κ1) is 10.3. The van der Waals surface area contributed by atoms with Gasteiger partial charge < -0.3 is 4.79 Å². The molecule has 0 aliphatic rings. The minimum Gasteiger partial charge on any atom is -0.303 e. The molecule has 0 aliphatic heterocycles. The number of hydrogen-bond acceptors (Lipinski definition) is 3. The molecule has 0 N–H and O–H groups in total. The van der Waals surface area contributed by atoms with Crippen LogP contribution in [0.4, 0.5) is 0 Å². The summed E-state index contributed by atoms with van der Waals surface area (Å²) in [4.78, 5) is 32.4. The highest BCUT2D eigenvalue weighted by Crippen LogP contribution is 2.03. The van der Waals surface area contributed by atoms with Gasteiger partial charge in [-0.3, -0.25) is 9.59 Å². The molecule has 0 heterocycles. The van der Waals surface area contributed by atoms with Crippen molar-refractivity contribution in [1.82, 2.24) is 0 Å². The van der Waals surface area contributed by atoms with Crippen molar-refractivity contribution in [2.45, 2.75) is 12.8 Å². The van der Waals surface area contributed by atoms with E-state index in [1.165, 1.54) is 0 Å². The Bertz CT molecular complexity index is 341. The van der Waals surface area contributed by atoms with Gasteiger partial charge in [-0.25, -0.2) is 0 Å². The van der Waals surface area contributed by atoms with Crippen LogP contribution in [0.15, 0.2) is 30.3 Å². The lowest BCUT2D eigenvalue weighted by Crippen LogP contribution is -2.08. The fraction of sp³-hybridized carbons (Fsp3) is 0.182. The third kappa shape index (κ3) is 2.94. The second-order valence-electron chi connectivity index (χ2n) is 2.88. The van der Waals surface area contributed by atoms with Crippen LogP contribution >= 0.6 is 0 Å². The maximum atomic E-state index is 11.4. The third-order valence-corrected chi connectivity index (χ3v) is 1.76. The molecule has 14 heavy (non-hydrogen) atoms. The highest BCUT2D eigenvalue weighted by atomic mass is 16.2. The maximum absolute atomic E-state index is 11.4. The van der Waals surface area contributed by atoms with E-state index in [1.807, 2.05) is 0 Å². The average Bonchev–Trinajstić information content (AvgIpc) is 2.19. The van der Waals surface area contributed by atoms with Crippen molar-refractivity contribution < 1.29 is 14.4 Å². The van der Waals surface area contributed by atoms with Gasteiger partial charge >= 0.3 is 0 Å². The molecule has 0 radical (unpaired) electrons. The monoisotopic (exact) mass is 190 g/mol. The van der Waals surface area contributed by atoms with Crippen molar-refractivity contribution in [2.75, 3.05) is 0 Å². The smallest absolute Gasteiger partial charge is 0.170 e. The van der Waals surface area contributed by atoms with E-state index in [0.717, 1.165) is 0 Å². The van der Waals surface area contributed by atoms with Crippen molar-refractivity contribution in [2.24, 2.45) is 0 Å². The number of hydrogen-bond donors (Lipinski definition) is 0. The third-order valence-electron chi connectivity index (χ3n) is 1.76. The number of rotatable bonds is 5. The topological polar surface area (TPSA) is 51.2 Å². The molecule has 1 aromatic rings. The standard InChI is InChI=1S/C11H10O3/c12-7-6-10(13)8-11(14)9-4-2-1-3-5-9/h1-5,7H,6,8H2. The summed E-state index contributed by atoms with van der Waals surface area (Å²) in [6.07, 6.45) is 0.141. The van der Waals surface area contributed by atoms with E-state index in [2.05, 4.69) is 0 Å². The predicted octanol–water partition coefficient (Wildman–Crippen LogP) is 1.42. The quantitative estimate of drug-likeness (QED) is 0.401. The van der Waals surface area contributed by atoms with E-state index in [1.54, 1.807) is 30.3 Å². The Labute approximate surface area is 81.7 Å². The molecule has 0 bridgehead atoms. The first-order valence-corrected chi connectivity index (χ1v) is 4.27. The van der Waals surface area contributed by atoms with E-state index in [9.17, 15) is 14.4 Å². The van der Waals surface area contributed by atoms with Gasteiger partial charge in [0, 0.05) is 5.56 Å². The van der Waals surface area contributed by atoms with E-state index in [-0.39, 0.29) is 24.4 Å². The summed E-state index contributed by atoms with van der Waals surface area (Å²) in [5.41, 5.74) is 0.506. The van der Waals surface area contributed by atoms with Gasteiger partial charge in [-0.15, -0.1) is 0 Å². The zero-order valence-corrected chi connectivity index (χ0v) is 7.60. The van der Waals surface area contributed by atoms with Gasteiger partial charge in [-0.2, -0.15) is 0 Å². The predicted molar refractivity (Wildman–Crippen MR) is 51.1 cm³/mol. The first-order valence-electron chi connectivity index (χ1n) is 4.27. The molecule has 0 saturated carbocycles. The molecule has 1 aromatic carbocycles. The van der Waals surface area contributed by atoms with Crippen LogP contribution in [-0.4, -0.2) is 17.9 Å². The van der Waals surface area contributed by atoms with Crippen LogP contribution in [-0.2, 0) is 9.59 Å². The van der Waals surface area contributed by atoms with Crippen molar-refractivity contribution >= 4 is 17.9 Å². The van der Waals surface area contributed by atoms with Crippen molar-refractivity contribution in [3.05, 3.63) is 35.9 Å². The number of ketones is 2. The van der Waals surface area contributed by atoms with Gasteiger partial charge in [0.1, 0.15) is 12.1 Å². The minimum absolute atomic E-state index is 0.182. The maximum Gasteiger partial charge on any atom is 0.170 e. The van der Waals surface area contributed by atoms with Gasteiger partial charge in [0.2, 0.25) is 0 Å². The van der Waals surface area contributed by atoms with Gasteiger partial charge in [0.15, 0.2) is 5.78 Å². The van der Waals surface area contributed by atoms with Crippen LogP contribution < -0.4 is 0 Å². The van der Waals surface area contributed by atoms with E-state index >= 15 is 0 Å². The molecule has 0 aromatic heterocycles. The van der Waals surface area contributed by atoms with Crippen LogP contribution in [0.25, 0.3) is 0 Å². The fourth-order valence-electron chi connectivity index (χ4n) is 1.07. The van der Waals surface area contributed by atoms with Crippen LogP contribution in [0.5, 0.6) is 0 Å². The molecule has 0 unspecified atom stereocenters. The molecule has 0 spiro atoms. The Kier molecular flexibility index (Phi) is 3.73. The molecule has 3 heteroatoms. The Morgan fingerprint density at radius 3 is 2.36 bits per heavy atom. The second-order valence-corrected chi connectivity index (χ2v) is 2.88. The number of carbonyl (C=O) groups excluding carboxylic acids is 3. The van der Waals surface area contributed by atoms with Crippen LogP contribution in [0, 0.1) is 0 Å². The average molecular weight is 190 g/mol. The zero-order chi connectivity index (χ0) is 10.4. The minimum atomic E-state index is -0.339. The lowest BCUT2D eigenvalue weighted by molar-refractivity contribution is -0.121. The van der Waals surface area contributed by atoms with Gasteiger partial charge in [0.05, 0.1) is 12.8 Å². The molecule has 0 saturated heterocycles. The van der Waals surface area contributed by atoms with E-state index in [0.29, 0.717) is 11.8 Å². The molecule has 1 rings (SSSR count). The van der Waals surface area contributed by atoms with Crippen LogP contribution in [0.3, 0.4) is 0 Å². The Morgan fingerprint density at radius 1 is 1.14 bits per heavy atom. The lowest BCUT2D eigenvalue weighted by Gasteiger charge is -1.97. The summed E-state index contributed by atoms with van der Waals surface area (Å²) < 4.78 is 0. The zero-order valence-electron chi connectivity index (χ0n) is 7.60. The van der Waals surface area contributed by atoms with Gasteiger partial charge in [-0.05, 0) is 0 Å². The highest BCUT2D eigenvalue weighted by molar-refractivity contribution is 6.10. The highest BCUT2D eigenvalue weighted by Gasteiger charge is 2.10. The summed E-state index contributed by atoms with van der Waals surface area (Å²) in [5.74, 6) is -0.577. The SMILES string of the molecule is O=CCC(=O)CC(=O)c1ccccc1. The summed E-state index contributed by atoms with van der Waals surface area (Å²) in [7, 11) is 0. The van der Waals surface area contributed by atoms with E-state index < -0.39 is 0 Å². The summed E-state index contributed by atoms with van der Waals surface area (Å²) in [6, 6.07) is 8.56. The van der Waals surface area contributed by atoms with E-state index in [4.69, 9.17) is 0 Å². The number of Topliss-reactive ketones (excluding diaryl/α,β-unsaturated/α-hetero) is 2. The molecule has 0 aliphatic carbocycles. The lowest BCUT2D eigenvalue weighted by atomic mass is 10.1. The number of carbonyl (C=O) groups is 3. The fourth-order valence-corrected chi connectivity index (χ4v) is 1.07. The molecule has 0 fully saturated rings. The Hall–Kier alpha value is -1.77. The van der Waals surface area contributed by atoms with Crippen molar-refractivity contribution in [3.63, 3.8) is 0 Å². The largest absolute Gasteiger partial charge is 0.303 e. The van der Waals surface area contributed by atoms with Gasteiger partial charge in [0.25, 0.3) is 0 Å². The van der Waals surface area contributed by atoms with Crippen molar-refractivity contribution in [3.8, 4) is 0 Å². The number of aldehydes is 1. The second kappa shape index (κ2) is 5.07. The number of benzene rings is 1. The summed E-state index contributed by atoms with van der Waals surface area (Å²) in [5, 5.41) is 0. The van der Waals surface area contributed by atoms with Crippen molar-refractivity contribution in [1.29, 1.82) is 0 Å². The molecule has 3 nitrogen and oxygen atoms in total. The Balaban J connectivity index is 2.59. The first-order chi connectivity index (χ1) is 6.74. The summed E-state index contributed by atoms with van der Waals surface area (Å²) >= 11 is 0. The Morgan fingerprint density at radius 2 is 1.79 bits per heavy atom. The van der Waals surface area contributed by atoms with Crippen LogP contribution in [0.2, 0.25) is 0 Å². The molecular formula is C11H10O3. The summed E-state index contributed by atoms with van der Waals surface area (Å²) in [6.45, 7) is 0. The van der Waals surface area contributed by atoms with Gasteiger partial charge in [-0.1, -0.05) is 30.3 Å². The molecular weight excluding hydrogens is 180 g/mol. The molecule has 72 valence electrons. The molecule has 0 amide bonds. The molecule has 0 atom stereocenters.